The number of benzene rings is 1. The maximum absolute atomic E-state index is 13.1. The molecule has 6 nitrogen and oxygen atoms in total. The zero-order valence-electron chi connectivity index (χ0n) is 15.8. The zero-order chi connectivity index (χ0) is 18.9. The Bertz CT molecular complexity index is 606. The van der Waals surface area contributed by atoms with Gasteiger partial charge in [-0.15, -0.1) is 0 Å². The molecular formula is C19H29FN4O2. The van der Waals surface area contributed by atoms with Crippen molar-refractivity contribution in [1.29, 1.82) is 0 Å². The Morgan fingerprint density at radius 1 is 1.38 bits per heavy atom. The number of carbonyl (C=O) groups is 1. The molecule has 2 atom stereocenters. The van der Waals surface area contributed by atoms with E-state index in [1.807, 2.05) is 18.7 Å². The van der Waals surface area contributed by atoms with Crippen LogP contribution in [0.1, 0.15) is 38.4 Å². The molecule has 0 bridgehead atoms. The Balaban J connectivity index is 1.97. The molecule has 1 fully saturated rings. The van der Waals surface area contributed by atoms with Crippen LogP contribution in [0.15, 0.2) is 29.3 Å². The van der Waals surface area contributed by atoms with Crippen LogP contribution in [-0.4, -0.2) is 56.1 Å². The molecule has 0 aliphatic carbocycles. The molecular weight excluding hydrogens is 335 g/mol. The largest absolute Gasteiger partial charge is 0.375 e. The third-order valence-electron chi connectivity index (χ3n) is 4.47. The van der Waals surface area contributed by atoms with Crippen molar-refractivity contribution in [2.75, 3.05) is 33.3 Å². The van der Waals surface area contributed by atoms with E-state index >= 15 is 0 Å². The number of nitrogens with zero attached hydrogens (tertiary/aromatic N) is 2. The van der Waals surface area contributed by atoms with Crippen LogP contribution in [0.25, 0.3) is 0 Å². The summed E-state index contributed by atoms with van der Waals surface area (Å²) in [5.74, 6) is 0.619. The number of halogens is 1. The van der Waals surface area contributed by atoms with Crippen molar-refractivity contribution in [3.63, 3.8) is 0 Å². The molecule has 144 valence electrons. The quantitative estimate of drug-likeness (QED) is 0.574. The molecule has 1 amide bonds. The number of hydrogen-bond acceptors (Lipinski definition) is 3. The Hall–Kier alpha value is -2.15. The van der Waals surface area contributed by atoms with E-state index in [0.29, 0.717) is 25.5 Å². The molecule has 2 N–H and O–H groups in total. The number of rotatable bonds is 7. The van der Waals surface area contributed by atoms with Crippen molar-refractivity contribution in [2.45, 2.75) is 38.8 Å². The predicted molar refractivity (Wildman–Crippen MR) is 101 cm³/mol. The van der Waals surface area contributed by atoms with Crippen LogP contribution in [0.5, 0.6) is 0 Å². The molecule has 0 spiro atoms. The third kappa shape index (κ3) is 5.69. The van der Waals surface area contributed by atoms with E-state index in [2.05, 4.69) is 15.6 Å². The minimum absolute atomic E-state index is 0.187. The number of carbonyl (C=O) groups excluding carboxylic acids is 1. The molecule has 2 rings (SSSR count). The number of hydrogen-bond donors (Lipinski definition) is 2. The highest BCUT2D eigenvalue weighted by Gasteiger charge is 2.25. The number of methoxy groups -OCH3 is 1. The predicted octanol–water partition coefficient (Wildman–Crippen LogP) is 2.08. The first-order chi connectivity index (χ1) is 12.6. The van der Waals surface area contributed by atoms with Gasteiger partial charge in [-0.2, -0.15) is 0 Å². The van der Waals surface area contributed by atoms with Crippen LogP contribution in [0.3, 0.4) is 0 Å². The van der Waals surface area contributed by atoms with Gasteiger partial charge in [-0.05, 0) is 31.0 Å². The number of ether oxygens (including phenoxy) is 1. The summed E-state index contributed by atoms with van der Waals surface area (Å²) in [6, 6.07) is 6.46. The van der Waals surface area contributed by atoms with Gasteiger partial charge in [0.25, 0.3) is 0 Å². The van der Waals surface area contributed by atoms with Gasteiger partial charge in [0.2, 0.25) is 5.91 Å². The first-order valence-corrected chi connectivity index (χ1v) is 9.18. The molecule has 1 aliphatic rings. The third-order valence-corrected chi connectivity index (χ3v) is 4.47. The second kappa shape index (κ2) is 10.1. The Kier molecular flexibility index (Phi) is 7.84. The average molecular weight is 364 g/mol. The monoisotopic (exact) mass is 364 g/mol. The van der Waals surface area contributed by atoms with Crippen molar-refractivity contribution in [1.82, 2.24) is 15.5 Å². The summed E-state index contributed by atoms with van der Waals surface area (Å²) in [5, 5.41) is 6.62. The van der Waals surface area contributed by atoms with Crippen LogP contribution >= 0.6 is 0 Å². The first kappa shape index (κ1) is 20.2. The van der Waals surface area contributed by atoms with E-state index in [-0.39, 0.29) is 23.9 Å². The lowest BCUT2D eigenvalue weighted by atomic mass is 10.1. The van der Waals surface area contributed by atoms with Crippen molar-refractivity contribution in [2.24, 2.45) is 4.99 Å². The summed E-state index contributed by atoms with van der Waals surface area (Å²) in [5.41, 5.74) is 0.883. The molecule has 1 aliphatic heterocycles. The van der Waals surface area contributed by atoms with E-state index in [4.69, 9.17) is 4.74 Å². The molecule has 26 heavy (non-hydrogen) atoms. The second-order valence-corrected chi connectivity index (χ2v) is 6.32. The Morgan fingerprint density at radius 2 is 2.12 bits per heavy atom. The smallest absolute Gasteiger partial charge is 0.222 e. The molecule has 1 aromatic rings. The topological polar surface area (TPSA) is 66.0 Å². The number of aliphatic imine (C=N–C) groups is 1. The van der Waals surface area contributed by atoms with E-state index < -0.39 is 0 Å². The highest BCUT2D eigenvalue weighted by atomic mass is 19.1. The summed E-state index contributed by atoms with van der Waals surface area (Å²) in [6.07, 6.45) is 1.20. The molecule has 1 saturated heterocycles. The second-order valence-electron chi connectivity index (χ2n) is 6.32. The van der Waals surface area contributed by atoms with Gasteiger partial charge in [0, 0.05) is 39.2 Å². The summed E-state index contributed by atoms with van der Waals surface area (Å²) >= 11 is 0. The van der Waals surface area contributed by atoms with Crippen LogP contribution in [-0.2, 0) is 9.53 Å². The molecule has 1 aromatic carbocycles. The summed E-state index contributed by atoms with van der Waals surface area (Å²) in [4.78, 5) is 18.3. The lowest BCUT2D eigenvalue weighted by Crippen LogP contribution is -2.45. The molecule has 7 heteroatoms. The SMILES string of the molecule is CCNC(=NCC(OC)c1ccc(F)cc1)NC1CCN(C(=O)CC)C1. The van der Waals surface area contributed by atoms with Gasteiger partial charge in [-0.3, -0.25) is 9.79 Å². The van der Waals surface area contributed by atoms with Crippen molar-refractivity contribution >= 4 is 11.9 Å². The van der Waals surface area contributed by atoms with Crippen LogP contribution in [0.2, 0.25) is 0 Å². The summed E-state index contributed by atoms with van der Waals surface area (Å²) < 4.78 is 18.6. The highest BCUT2D eigenvalue weighted by Crippen LogP contribution is 2.17. The van der Waals surface area contributed by atoms with E-state index in [1.165, 1.54) is 12.1 Å². The summed E-state index contributed by atoms with van der Waals surface area (Å²) in [6.45, 7) is 6.52. The van der Waals surface area contributed by atoms with Gasteiger partial charge >= 0.3 is 0 Å². The van der Waals surface area contributed by atoms with E-state index in [9.17, 15) is 9.18 Å². The molecule has 0 saturated carbocycles. The van der Waals surface area contributed by atoms with Crippen LogP contribution < -0.4 is 10.6 Å². The number of guanidine groups is 1. The van der Waals surface area contributed by atoms with Crippen molar-refractivity contribution in [3.05, 3.63) is 35.6 Å². The molecule has 1 heterocycles. The van der Waals surface area contributed by atoms with Crippen LogP contribution in [0, 0.1) is 5.82 Å². The minimum Gasteiger partial charge on any atom is -0.375 e. The van der Waals surface area contributed by atoms with Gasteiger partial charge in [0.15, 0.2) is 5.96 Å². The maximum atomic E-state index is 13.1. The van der Waals surface area contributed by atoms with Gasteiger partial charge in [0.1, 0.15) is 11.9 Å². The van der Waals surface area contributed by atoms with E-state index in [0.717, 1.165) is 25.1 Å². The summed E-state index contributed by atoms with van der Waals surface area (Å²) in [7, 11) is 1.62. The first-order valence-electron chi connectivity index (χ1n) is 9.18. The fraction of sp³-hybridized carbons (Fsp3) is 0.579. The normalized spacial score (nSPS) is 18.7. The number of likely N-dealkylation sites (tertiary alicyclic amines) is 1. The van der Waals surface area contributed by atoms with Gasteiger partial charge in [0.05, 0.1) is 6.54 Å². The van der Waals surface area contributed by atoms with Crippen molar-refractivity contribution in [3.8, 4) is 0 Å². The zero-order valence-corrected chi connectivity index (χ0v) is 15.8. The molecule has 0 aromatic heterocycles. The lowest BCUT2D eigenvalue weighted by Gasteiger charge is -2.20. The highest BCUT2D eigenvalue weighted by molar-refractivity contribution is 5.80. The average Bonchev–Trinajstić information content (AvgIpc) is 3.11. The Morgan fingerprint density at radius 3 is 2.73 bits per heavy atom. The molecule has 0 radical (unpaired) electrons. The molecule has 2 unspecified atom stereocenters. The fourth-order valence-electron chi connectivity index (χ4n) is 3.01. The number of nitrogens with one attached hydrogen (secondary N) is 2. The maximum Gasteiger partial charge on any atom is 0.222 e. The van der Waals surface area contributed by atoms with Gasteiger partial charge in [-0.25, -0.2) is 4.39 Å². The number of amides is 1. The fourth-order valence-corrected chi connectivity index (χ4v) is 3.01. The van der Waals surface area contributed by atoms with Gasteiger partial charge in [-0.1, -0.05) is 19.1 Å². The van der Waals surface area contributed by atoms with Gasteiger partial charge < -0.3 is 20.3 Å². The minimum atomic E-state index is -0.269. The Labute approximate surface area is 154 Å². The van der Waals surface area contributed by atoms with Crippen LogP contribution in [0.4, 0.5) is 4.39 Å². The van der Waals surface area contributed by atoms with Crippen molar-refractivity contribution < 1.29 is 13.9 Å². The standard InChI is InChI=1S/C19H29FN4O2/c1-4-18(25)24-11-10-16(13-24)23-19(21-5-2)22-12-17(26-3)14-6-8-15(20)9-7-14/h6-9,16-17H,4-5,10-13H2,1-3H3,(H2,21,22,23). The lowest BCUT2D eigenvalue weighted by molar-refractivity contribution is -0.129. The van der Waals surface area contributed by atoms with E-state index in [1.54, 1.807) is 19.2 Å².